The lowest BCUT2D eigenvalue weighted by atomic mass is 9.90. The number of carboxylic acids is 1. The van der Waals surface area contributed by atoms with Crippen LogP contribution in [0.4, 0.5) is 0 Å². The van der Waals surface area contributed by atoms with E-state index in [1.54, 1.807) is 30.3 Å². The van der Waals surface area contributed by atoms with Crippen molar-refractivity contribution in [2.45, 2.75) is 0 Å². The molecule has 0 saturated heterocycles. The normalized spacial score (nSPS) is 11.1. The average molecular weight is 457 g/mol. The predicted molar refractivity (Wildman–Crippen MR) is 120 cm³/mol. The van der Waals surface area contributed by atoms with Crippen LogP contribution >= 0.6 is 0 Å². The van der Waals surface area contributed by atoms with Crippen molar-refractivity contribution in [1.82, 2.24) is 4.73 Å². The van der Waals surface area contributed by atoms with Crippen LogP contribution in [-0.2, 0) is 0 Å². The molecule has 168 valence electrons. The Bertz CT molecular complexity index is 1610. The first kappa shape index (κ1) is 20.8. The molecule has 1 aliphatic carbocycles. The van der Waals surface area contributed by atoms with Crippen LogP contribution in [0, 0.1) is 0 Å². The molecule has 34 heavy (non-hydrogen) atoms. The number of aromatic nitrogens is 1. The van der Waals surface area contributed by atoms with Crippen molar-refractivity contribution in [3.8, 4) is 34.2 Å². The summed E-state index contributed by atoms with van der Waals surface area (Å²) in [6.07, 6.45) is 0. The van der Waals surface area contributed by atoms with Crippen LogP contribution in [0.5, 0.6) is 11.8 Å². The van der Waals surface area contributed by atoms with E-state index >= 15 is 0 Å². The molecule has 0 fully saturated rings. The zero-order chi connectivity index (χ0) is 24.0. The van der Waals surface area contributed by atoms with Gasteiger partial charge >= 0.3 is 11.9 Å². The smallest absolute Gasteiger partial charge is 0.363 e. The topological polar surface area (TPSA) is 139 Å². The molecule has 1 aliphatic heterocycles. The average Bonchev–Trinajstić information content (AvgIpc) is 3.14. The number of hydrogen-bond acceptors (Lipinski definition) is 7. The highest BCUT2D eigenvalue weighted by Gasteiger charge is 2.24. The fourth-order valence-corrected chi connectivity index (χ4v) is 3.81. The maximum absolute atomic E-state index is 12.6. The Hall–Kier alpha value is -5.05. The van der Waals surface area contributed by atoms with Crippen molar-refractivity contribution in [2.75, 3.05) is 0 Å². The number of carbonyl (C=O) groups is 2. The van der Waals surface area contributed by atoms with E-state index in [1.807, 2.05) is 0 Å². The summed E-state index contributed by atoms with van der Waals surface area (Å²) in [5.74, 6) is -3.02. The molecular weight excluding hydrogens is 442 g/mol. The second-order valence-corrected chi connectivity index (χ2v) is 7.42. The summed E-state index contributed by atoms with van der Waals surface area (Å²) >= 11 is 0. The SMILES string of the molecule is O=C(On1c(O)ccc1O)c1ccc(-c2c3ccc(=O)cc-3oc3ccccc23)c(C(=O)O)c1. The van der Waals surface area contributed by atoms with Gasteiger partial charge in [-0.05, 0) is 35.9 Å². The molecule has 0 amide bonds. The maximum Gasteiger partial charge on any atom is 0.363 e. The third-order valence-electron chi connectivity index (χ3n) is 5.33. The van der Waals surface area contributed by atoms with Crippen molar-refractivity contribution in [1.29, 1.82) is 0 Å². The number of benzene rings is 3. The lowest BCUT2D eigenvalue weighted by Crippen LogP contribution is -2.19. The highest BCUT2D eigenvalue weighted by Crippen LogP contribution is 2.41. The van der Waals surface area contributed by atoms with Gasteiger partial charge in [0.2, 0.25) is 11.8 Å². The van der Waals surface area contributed by atoms with Crippen LogP contribution in [-0.4, -0.2) is 32.0 Å². The number of fused-ring (bicyclic) bond motifs is 2. The number of carbonyl (C=O) groups excluding carboxylic acids is 1. The molecule has 0 bridgehead atoms. The van der Waals surface area contributed by atoms with Crippen molar-refractivity contribution in [3.05, 3.63) is 94.1 Å². The monoisotopic (exact) mass is 457 g/mol. The minimum atomic E-state index is -1.30. The van der Waals surface area contributed by atoms with Crippen molar-refractivity contribution in [2.24, 2.45) is 0 Å². The summed E-state index contributed by atoms with van der Waals surface area (Å²) in [5, 5.41) is 29.9. The van der Waals surface area contributed by atoms with Gasteiger partial charge in [0, 0.05) is 34.7 Å². The van der Waals surface area contributed by atoms with Crippen molar-refractivity contribution >= 4 is 22.9 Å². The van der Waals surface area contributed by atoms with E-state index in [9.17, 15) is 29.7 Å². The van der Waals surface area contributed by atoms with Crippen molar-refractivity contribution in [3.63, 3.8) is 0 Å². The van der Waals surface area contributed by atoms with Crippen LogP contribution < -0.4 is 10.3 Å². The number of carboxylic acid groups (broad SMARTS) is 1. The maximum atomic E-state index is 12.6. The second-order valence-electron chi connectivity index (χ2n) is 7.42. The standard InChI is InChI=1S/C25H15NO8/c27-14-6-8-17-20(12-14)33-19-4-2-1-3-16(19)23(17)15-7-5-13(11-18(15)24(30)31)25(32)34-26-21(28)9-10-22(26)29/h1-12,28-29H,(H,30,31). The lowest BCUT2D eigenvalue weighted by molar-refractivity contribution is 0.0381. The van der Waals surface area contributed by atoms with Crippen LogP contribution in [0.1, 0.15) is 20.7 Å². The van der Waals surface area contributed by atoms with Gasteiger partial charge in [-0.1, -0.05) is 24.3 Å². The van der Waals surface area contributed by atoms with Gasteiger partial charge < -0.3 is 24.6 Å². The first-order chi connectivity index (χ1) is 16.3. The number of rotatable bonds is 4. The minimum Gasteiger partial charge on any atom is -0.492 e. The molecule has 2 aliphatic rings. The first-order valence-corrected chi connectivity index (χ1v) is 9.99. The molecule has 5 rings (SSSR count). The number of aromatic hydroxyl groups is 2. The third kappa shape index (κ3) is 3.41. The molecule has 0 radical (unpaired) electrons. The molecule has 3 aromatic rings. The number of aromatic carboxylic acids is 1. The summed E-state index contributed by atoms with van der Waals surface area (Å²) < 4.78 is 6.37. The van der Waals surface area contributed by atoms with Gasteiger partial charge in [0.1, 0.15) is 11.3 Å². The molecule has 2 aromatic carbocycles. The molecule has 0 spiro atoms. The Labute approximate surface area is 190 Å². The van der Waals surface area contributed by atoms with Crippen LogP contribution in [0.25, 0.3) is 33.4 Å². The molecule has 0 unspecified atom stereocenters. The van der Waals surface area contributed by atoms with Gasteiger partial charge in [0.05, 0.1) is 11.1 Å². The van der Waals surface area contributed by atoms with E-state index in [0.29, 0.717) is 38.2 Å². The Morgan fingerprint density at radius 3 is 2.29 bits per heavy atom. The lowest BCUT2D eigenvalue weighted by Gasteiger charge is -2.17. The quantitative estimate of drug-likeness (QED) is 0.347. The van der Waals surface area contributed by atoms with Gasteiger partial charge in [0.25, 0.3) is 0 Å². The van der Waals surface area contributed by atoms with E-state index in [-0.39, 0.29) is 16.6 Å². The van der Waals surface area contributed by atoms with Gasteiger partial charge in [-0.2, -0.15) is 0 Å². The zero-order valence-electron chi connectivity index (χ0n) is 17.3. The first-order valence-electron chi connectivity index (χ1n) is 9.99. The molecular formula is C25H15NO8. The summed E-state index contributed by atoms with van der Waals surface area (Å²) in [6, 6.07) is 17.5. The van der Waals surface area contributed by atoms with Crippen LogP contribution in [0.2, 0.25) is 0 Å². The summed E-state index contributed by atoms with van der Waals surface area (Å²) in [7, 11) is 0. The summed E-state index contributed by atoms with van der Waals surface area (Å²) in [6.45, 7) is 0. The summed E-state index contributed by atoms with van der Waals surface area (Å²) in [5.41, 5.74) is 1.23. The Kier molecular flexibility index (Phi) is 4.79. The Morgan fingerprint density at radius 2 is 1.56 bits per heavy atom. The molecule has 0 atom stereocenters. The molecule has 9 nitrogen and oxygen atoms in total. The largest absolute Gasteiger partial charge is 0.492 e. The molecule has 3 N–H and O–H groups in total. The van der Waals surface area contributed by atoms with E-state index < -0.39 is 23.7 Å². The van der Waals surface area contributed by atoms with Crippen molar-refractivity contribution < 1.29 is 34.2 Å². The van der Waals surface area contributed by atoms with E-state index in [0.717, 1.165) is 18.2 Å². The van der Waals surface area contributed by atoms with Gasteiger partial charge in [-0.25, -0.2) is 9.59 Å². The Morgan fingerprint density at radius 1 is 0.853 bits per heavy atom. The van der Waals surface area contributed by atoms with Crippen LogP contribution in [0.15, 0.2) is 82.0 Å². The number of nitrogens with zero attached hydrogens (tertiary/aromatic N) is 1. The fraction of sp³-hybridized carbons (Fsp3) is 0. The second kappa shape index (κ2) is 7.82. The molecule has 1 aromatic heterocycles. The number of para-hydroxylation sites is 1. The highest BCUT2D eigenvalue weighted by molar-refractivity contribution is 6.08. The predicted octanol–water partition coefficient (Wildman–Crippen LogP) is 3.74. The van der Waals surface area contributed by atoms with E-state index in [2.05, 4.69) is 0 Å². The third-order valence-corrected chi connectivity index (χ3v) is 5.33. The van der Waals surface area contributed by atoms with Gasteiger partial charge in [-0.15, -0.1) is 4.73 Å². The van der Waals surface area contributed by atoms with E-state index in [4.69, 9.17) is 9.25 Å². The van der Waals surface area contributed by atoms with Crippen LogP contribution in [0.3, 0.4) is 0 Å². The molecule has 0 saturated carbocycles. The molecule has 2 heterocycles. The fourth-order valence-electron chi connectivity index (χ4n) is 3.81. The summed E-state index contributed by atoms with van der Waals surface area (Å²) in [4.78, 5) is 41.7. The number of hydrogen-bond donors (Lipinski definition) is 3. The van der Waals surface area contributed by atoms with Gasteiger partial charge in [0.15, 0.2) is 5.43 Å². The molecule has 9 heteroatoms. The highest BCUT2D eigenvalue weighted by atomic mass is 16.7. The van der Waals surface area contributed by atoms with Gasteiger partial charge in [-0.3, -0.25) is 4.79 Å². The zero-order valence-corrected chi connectivity index (χ0v) is 17.3. The Balaban J connectivity index is 1.70. The minimum absolute atomic E-state index is 0.121. The van der Waals surface area contributed by atoms with E-state index in [1.165, 1.54) is 24.3 Å².